The molecule has 1 atom stereocenters. The molecule has 0 bridgehead atoms. The Hall–Kier alpha value is -0.810. The summed E-state index contributed by atoms with van der Waals surface area (Å²) in [4.78, 5) is 25.4. The minimum Gasteiger partial charge on any atom is -0.347 e. The molecule has 1 rings (SSSR count). The van der Waals surface area contributed by atoms with E-state index in [2.05, 4.69) is 17.6 Å². The standard InChI is InChI=1S/C13H25N3O2.ClH/c1-3-5-12(17)15-10-13(18)16(8-4-2)11-6-7-14-9-11;/h11,14H,3-10H2,1-2H3,(H,15,17);1H. The first-order valence-electron chi connectivity index (χ1n) is 6.95. The van der Waals surface area contributed by atoms with E-state index in [0.29, 0.717) is 12.5 Å². The van der Waals surface area contributed by atoms with E-state index in [1.807, 2.05) is 11.8 Å². The smallest absolute Gasteiger partial charge is 0.242 e. The lowest BCUT2D eigenvalue weighted by Gasteiger charge is -2.28. The molecule has 1 saturated heterocycles. The number of hydrogen-bond acceptors (Lipinski definition) is 3. The summed E-state index contributed by atoms with van der Waals surface area (Å²) in [5, 5.41) is 5.97. The van der Waals surface area contributed by atoms with E-state index in [4.69, 9.17) is 0 Å². The van der Waals surface area contributed by atoms with Gasteiger partial charge in [0, 0.05) is 25.6 Å². The van der Waals surface area contributed by atoms with Crippen LogP contribution in [0.5, 0.6) is 0 Å². The molecule has 1 heterocycles. The van der Waals surface area contributed by atoms with Gasteiger partial charge in [0.2, 0.25) is 11.8 Å². The summed E-state index contributed by atoms with van der Waals surface area (Å²) in [6.45, 7) is 6.77. The maximum atomic E-state index is 12.1. The van der Waals surface area contributed by atoms with Crippen LogP contribution in [-0.4, -0.2) is 48.9 Å². The first kappa shape index (κ1) is 18.2. The minimum atomic E-state index is -0.0353. The van der Waals surface area contributed by atoms with Crippen molar-refractivity contribution in [2.24, 2.45) is 0 Å². The zero-order chi connectivity index (χ0) is 13.4. The van der Waals surface area contributed by atoms with Crippen LogP contribution in [0.25, 0.3) is 0 Å². The predicted octanol–water partition coefficient (Wildman–Crippen LogP) is 0.925. The second-order valence-corrected chi connectivity index (χ2v) is 4.76. The summed E-state index contributed by atoms with van der Waals surface area (Å²) >= 11 is 0. The van der Waals surface area contributed by atoms with Crippen molar-refractivity contribution < 1.29 is 9.59 Å². The number of nitrogens with zero attached hydrogens (tertiary/aromatic N) is 1. The Morgan fingerprint density at radius 1 is 1.32 bits per heavy atom. The average molecular weight is 292 g/mol. The molecular formula is C13H26ClN3O2. The fourth-order valence-corrected chi connectivity index (χ4v) is 2.25. The van der Waals surface area contributed by atoms with Crippen molar-refractivity contribution >= 4 is 24.2 Å². The molecule has 5 nitrogen and oxygen atoms in total. The van der Waals surface area contributed by atoms with Gasteiger partial charge in [-0.15, -0.1) is 12.4 Å². The van der Waals surface area contributed by atoms with Gasteiger partial charge in [-0.1, -0.05) is 13.8 Å². The number of rotatable bonds is 7. The Morgan fingerprint density at radius 3 is 2.58 bits per heavy atom. The van der Waals surface area contributed by atoms with E-state index in [0.717, 1.165) is 38.9 Å². The number of halogens is 1. The molecule has 6 heteroatoms. The fourth-order valence-electron chi connectivity index (χ4n) is 2.25. The topological polar surface area (TPSA) is 61.4 Å². The number of nitrogens with one attached hydrogen (secondary N) is 2. The third-order valence-electron chi connectivity index (χ3n) is 3.17. The van der Waals surface area contributed by atoms with Gasteiger partial charge in [-0.3, -0.25) is 9.59 Å². The molecule has 1 aliphatic rings. The number of amides is 2. The molecule has 1 unspecified atom stereocenters. The van der Waals surface area contributed by atoms with Gasteiger partial charge in [0.05, 0.1) is 6.54 Å². The van der Waals surface area contributed by atoms with Crippen molar-refractivity contribution in [2.45, 2.75) is 45.6 Å². The van der Waals surface area contributed by atoms with Gasteiger partial charge in [-0.05, 0) is 25.8 Å². The molecule has 0 radical (unpaired) electrons. The number of carbonyl (C=O) groups is 2. The van der Waals surface area contributed by atoms with Crippen LogP contribution in [0.1, 0.15) is 39.5 Å². The summed E-state index contributed by atoms with van der Waals surface area (Å²) in [6, 6.07) is 0.292. The minimum absolute atomic E-state index is 0. The van der Waals surface area contributed by atoms with Crippen LogP contribution >= 0.6 is 12.4 Å². The first-order chi connectivity index (χ1) is 8.69. The van der Waals surface area contributed by atoms with Gasteiger partial charge in [0.15, 0.2) is 0 Å². The van der Waals surface area contributed by atoms with E-state index in [1.54, 1.807) is 0 Å². The van der Waals surface area contributed by atoms with E-state index in [-0.39, 0.29) is 30.8 Å². The lowest BCUT2D eigenvalue weighted by molar-refractivity contribution is -0.134. The summed E-state index contributed by atoms with van der Waals surface area (Å²) in [6.07, 6.45) is 3.26. The van der Waals surface area contributed by atoms with Crippen LogP contribution < -0.4 is 10.6 Å². The highest BCUT2D eigenvalue weighted by molar-refractivity contribution is 5.85. The third kappa shape index (κ3) is 6.25. The molecule has 0 spiro atoms. The predicted molar refractivity (Wildman–Crippen MR) is 78.4 cm³/mol. The van der Waals surface area contributed by atoms with Crippen molar-refractivity contribution in [1.29, 1.82) is 0 Å². The normalized spacial score (nSPS) is 17.7. The Bertz CT molecular complexity index is 281. The van der Waals surface area contributed by atoms with Crippen LogP contribution in [0.15, 0.2) is 0 Å². The molecule has 112 valence electrons. The van der Waals surface area contributed by atoms with Crippen LogP contribution in [0.3, 0.4) is 0 Å². The van der Waals surface area contributed by atoms with Crippen molar-refractivity contribution in [3.8, 4) is 0 Å². The molecule has 1 aliphatic heterocycles. The summed E-state index contributed by atoms with van der Waals surface area (Å²) < 4.78 is 0. The second-order valence-electron chi connectivity index (χ2n) is 4.76. The molecule has 0 aliphatic carbocycles. The molecular weight excluding hydrogens is 266 g/mol. The highest BCUT2D eigenvalue weighted by Gasteiger charge is 2.25. The molecule has 2 amide bonds. The van der Waals surface area contributed by atoms with Gasteiger partial charge >= 0.3 is 0 Å². The summed E-state index contributed by atoms with van der Waals surface area (Å²) in [5.74, 6) is 0.00171. The Kier molecular flexibility index (Phi) is 9.61. The second kappa shape index (κ2) is 10.0. The van der Waals surface area contributed by atoms with Crippen molar-refractivity contribution in [2.75, 3.05) is 26.2 Å². The lowest BCUT2D eigenvalue weighted by Crippen LogP contribution is -2.46. The molecule has 0 aromatic rings. The SMILES string of the molecule is CCCC(=O)NCC(=O)N(CCC)C1CCNC1.Cl. The fraction of sp³-hybridized carbons (Fsp3) is 0.846. The highest BCUT2D eigenvalue weighted by atomic mass is 35.5. The van der Waals surface area contributed by atoms with Crippen molar-refractivity contribution in [3.05, 3.63) is 0 Å². The molecule has 1 fully saturated rings. The highest BCUT2D eigenvalue weighted by Crippen LogP contribution is 2.09. The molecule has 19 heavy (non-hydrogen) atoms. The van der Waals surface area contributed by atoms with Gasteiger partial charge < -0.3 is 15.5 Å². The van der Waals surface area contributed by atoms with Crippen LogP contribution in [0, 0.1) is 0 Å². The Morgan fingerprint density at radius 2 is 2.05 bits per heavy atom. The number of hydrogen-bond donors (Lipinski definition) is 2. The van der Waals surface area contributed by atoms with Crippen LogP contribution in [-0.2, 0) is 9.59 Å². The van der Waals surface area contributed by atoms with Gasteiger partial charge in [-0.25, -0.2) is 0 Å². The lowest BCUT2D eigenvalue weighted by atomic mass is 10.2. The molecule has 2 N–H and O–H groups in total. The van der Waals surface area contributed by atoms with Crippen molar-refractivity contribution in [1.82, 2.24) is 15.5 Å². The van der Waals surface area contributed by atoms with E-state index >= 15 is 0 Å². The number of carbonyl (C=O) groups excluding carboxylic acids is 2. The van der Waals surface area contributed by atoms with Gasteiger partial charge in [0.25, 0.3) is 0 Å². The molecule has 0 aromatic carbocycles. The van der Waals surface area contributed by atoms with Crippen molar-refractivity contribution in [3.63, 3.8) is 0 Å². The summed E-state index contributed by atoms with van der Waals surface area (Å²) in [7, 11) is 0. The third-order valence-corrected chi connectivity index (χ3v) is 3.17. The zero-order valence-corrected chi connectivity index (χ0v) is 12.7. The van der Waals surface area contributed by atoms with Crippen LogP contribution in [0.4, 0.5) is 0 Å². The van der Waals surface area contributed by atoms with E-state index in [1.165, 1.54) is 0 Å². The zero-order valence-electron chi connectivity index (χ0n) is 11.9. The summed E-state index contributed by atoms with van der Waals surface area (Å²) in [5.41, 5.74) is 0. The Labute approximate surface area is 121 Å². The average Bonchev–Trinajstić information content (AvgIpc) is 2.87. The maximum absolute atomic E-state index is 12.1. The van der Waals surface area contributed by atoms with Gasteiger partial charge in [0.1, 0.15) is 0 Å². The Balaban J connectivity index is 0.00000324. The molecule has 0 aromatic heterocycles. The monoisotopic (exact) mass is 291 g/mol. The van der Waals surface area contributed by atoms with Gasteiger partial charge in [-0.2, -0.15) is 0 Å². The molecule has 0 saturated carbocycles. The van der Waals surface area contributed by atoms with E-state index in [9.17, 15) is 9.59 Å². The van der Waals surface area contributed by atoms with E-state index < -0.39 is 0 Å². The largest absolute Gasteiger partial charge is 0.347 e. The first-order valence-corrected chi connectivity index (χ1v) is 6.95. The quantitative estimate of drug-likeness (QED) is 0.733. The maximum Gasteiger partial charge on any atom is 0.242 e. The van der Waals surface area contributed by atoms with Crippen LogP contribution in [0.2, 0.25) is 0 Å².